The Morgan fingerprint density at radius 3 is 1.95 bits per heavy atom. The van der Waals surface area contributed by atoms with Gasteiger partial charge in [-0.3, -0.25) is 4.72 Å². The Labute approximate surface area is 126 Å². The molecule has 0 fully saturated rings. The van der Waals surface area contributed by atoms with Gasteiger partial charge in [0.05, 0.1) is 20.6 Å². The van der Waals surface area contributed by atoms with Crippen LogP contribution in [0.4, 0.5) is 5.69 Å². The molecule has 2 aromatic rings. The lowest BCUT2D eigenvalue weighted by atomic mass is 10.3. The zero-order chi connectivity index (χ0) is 14.0. The van der Waals surface area contributed by atoms with Gasteiger partial charge in [-0.15, -0.1) is 0 Å². The van der Waals surface area contributed by atoms with Crippen molar-refractivity contribution in [3.8, 4) is 0 Å². The summed E-state index contributed by atoms with van der Waals surface area (Å²) < 4.78 is 26.6. The minimum absolute atomic E-state index is 0.108. The van der Waals surface area contributed by atoms with E-state index in [4.69, 9.17) is 34.8 Å². The highest BCUT2D eigenvalue weighted by Gasteiger charge is 2.17. The second kappa shape index (κ2) is 5.59. The molecule has 0 amide bonds. The van der Waals surface area contributed by atoms with Crippen molar-refractivity contribution < 1.29 is 8.42 Å². The second-order valence-electron chi connectivity index (χ2n) is 3.66. The van der Waals surface area contributed by atoms with Crippen LogP contribution in [0.2, 0.25) is 15.1 Å². The van der Waals surface area contributed by atoms with Crippen molar-refractivity contribution in [2.75, 3.05) is 4.72 Å². The third-order valence-corrected chi connectivity index (χ3v) is 4.48. The molecule has 0 unspecified atom stereocenters. The molecule has 0 aromatic heterocycles. The Bertz CT molecular complexity index is 679. The standard InChI is InChI=1S/C12H8Cl3NO2S/c13-8-6-10(14)12(11(15)7-8)16-19(17,18)9-4-2-1-3-5-9/h1-7,16H. The summed E-state index contributed by atoms with van der Waals surface area (Å²) in [6, 6.07) is 10.7. The quantitative estimate of drug-likeness (QED) is 0.900. The molecule has 19 heavy (non-hydrogen) atoms. The van der Waals surface area contributed by atoms with Gasteiger partial charge in [0.1, 0.15) is 0 Å². The molecule has 2 aromatic carbocycles. The average Bonchev–Trinajstić information content (AvgIpc) is 2.35. The molecular formula is C12H8Cl3NO2S. The largest absolute Gasteiger partial charge is 0.277 e. The third-order valence-electron chi connectivity index (χ3n) is 2.30. The predicted octanol–water partition coefficient (Wildman–Crippen LogP) is 4.45. The highest BCUT2D eigenvalue weighted by Crippen LogP contribution is 2.35. The van der Waals surface area contributed by atoms with E-state index in [-0.39, 0.29) is 20.6 Å². The maximum atomic E-state index is 12.1. The van der Waals surface area contributed by atoms with E-state index in [1.807, 2.05) is 0 Å². The van der Waals surface area contributed by atoms with Crippen molar-refractivity contribution in [2.24, 2.45) is 0 Å². The van der Waals surface area contributed by atoms with Gasteiger partial charge in [0.25, 0.3) is 10.0 Å². The van der Waals surface area contributed by atoms with Crippen LogP contribution in [0, 0.1) is 0 Å². The summed E-state index contributed by atoms with van der Waals surface area (Å²) in [6.45, 7) is 0. The molecule has 0 aliphatic rings. The number of benzene rings is 2. The first kappa shape index (κ1) is 14.5. The average molecular weight is 337 g/mol. The first-order valence-electron chi connectivity index (χ1n) is 5.12. The van der Waals surface area contributed by atoms with Crippen LogP contribution in [0.3, 0.4) is 0 Å². The van der Waals surface area contributed by atoms with Gasteiger partial charge in [0, 0.05) is 5.02 Å². The first-order valence-corrected chi connectivity index (χ1v) is 7.74. The van der Waals surface area contributed by atoms with Crippen molar-refractivity contribution in [3.05, 3.63) is 57.5 Å². The smallest absolute Gasteiger partial charge is 0.261 e. The molecule has 0 saturated heterocycles. The van der Waals surface area contributed by atoms with E-state index in [0.29, 0.717) is 5.02 Å². The van der Waals surface area contributed by atoms with E-state index in [2.05, 4.69) is 4.72 Å². The second-order valence-corrected chi connectivity index (χ2v) is 6.60. The zero-order valence-corrected chi connectivity index (χ0v) is 12.5. The monoisotopic (exact) mass is 335 g/mol. The van der Waals surface area contributed by atoms with Gasteiger partial charge in [-0.25, -0.2) is 8.42 Å². The molecule has 1 N–H and O–H groups in total. The molecule has 7 heteroatoms. The summed E-state index contributed by atoms with van der Waals surface area (Å²) in [6.07, 6.45) is 0. The number of hydrogen-bond acceptors (Lipinski definition) is 2. The highest BCUT2D eigenvalue weighted by molar-refractivity contribution is 7.92. The van der Waals surface area contributed by atoms with Crippen LogP contribution in [-0.2, 0) is 10.0 Å². The van der Waals surface area contributed by atoms with Gasteiger partial charge in [-0.05, 0) is 24.3 Å². The van der Waals surface area contributed by atoms with Crippen molar-refractivity contribution in [1.82, 2.24) is 0 Å². The normalized spacial score (nSPS) is 11.3. The van der Waals surface area contributed by atoms with Crippen LogP contribution in [0.15, 0.2) is 47.4 Å². The molecule has 3 nitrogen and oxygen atoms in total. The van der Waals surface area contributed by atoms with Crippen LogP contribution in [0.25, 0.3) is 0 Å². The summed E-state index contributed by atoms with van der Waals surface area (Å²) in [7, 11) is -3.73. The molecule has 0 spiro atoms. The molecule has 0 saturated carbocycles. The maximum absolute atomic E-state index is 12.1. The molecule has 2 rings (SSSR count). The molecule has 0 aliphatic heterocycles. The number of hydrogen-bond donors (Lipinski definition) is 1. The van der Waals surface area contributed by atoms with Crippen molar-refractivity contribution in [1.29, 1.82) is 0 Å². The van der Waals surface area contributed by atoms with Crippen molar-refractivity contribution in [3.63, 3.8) is 0 Å². The predicted molar refractivity (Wildman–Crippen MR) is 78.7 cm³/mol. The van der Waals surface area contributed by atoms with Gasteiger partial charge >= 0.3 is 0 Å². The summed E-state index contributed by atoms with van der Waals surface area (Å²) >= 11 is 17.6. The fraction of sp³-hybridized carbons (Fsp3) is 0. The van der Waals surface area contributed by atoms with Crippen molar-refractivity contribution >= 4 is 50.5 Å². The highest BCUT2D eigenvalue weighted by atomic mass is 35.5. The molecule has 0 radical (unpaired) electrons. The number of nitrogens with one attached hydrogen (secondary N) is 1. The van der Waals surface area contributed by atoms with Gasteiger partial charge in [0.15, 0.2) is 0 Å². The fourth-order valence-electron chi connectivity index (χ4n) is 1.43. The van der Waals surface area contributed by atoms with Crippen LogP contribution in [0.5, 0.6) is 0 Å². The summed E-state index contributed by atoms with van der Waals surface area (Å²) in [4.78, 5) is 0.122. The lowest BCUT2D eigenvalue weighted by Crippen LogP contribution is -2.13. The summed E-state index contributed by atoms with van der Waals surface area (Å²) in [5.74, 6) is 0. The number of sulfonamides is 1. The van der Waals surface area contributed by atoms with Gasteiger partial charge in [0.2, 0.25) is 0 Å². The Hall–Kier alpha value is -0.940. The van der Waals surface area contributed by atoms with E-state index in [0.717, 1.165) is 0 Å². The summed E-state index contributed by atoms with van der Waals surface area (Å²) in [5, 5.41) is 0.603. The van der Waals surface area contributed by atoms with Crippen LogP contribution >= 0.6 is 34.8 Å². The van der Waals surface area contributed by atoms with Crippen LogP contribution in [-0.4, -0.2) is 8.42 Å². The maximum Gasteiger partial charge on any atom is 0.261 e. The van der Waals surface area contributed by atoms with E-state index < -0.39 is 10.0 Å². The molecule has 0 bridgehead atoms. The van der Waals surface area contributed by atoms with E-state index in [9.17, 15) is 8.42 Å². The zero-order valence-electron chi connectivity index (χ0n) is 9.40. The first-order chi connectivity index (χ1) is 8.90. The summed E-state index contributed by atoms with van der Waals surface area (Å²) in [5.41, 5.74) is 0.108. The van der Waals surface area contributed by atoms with Gasteiger partial charge < -0.3 is 0 Å². The molecule has 0 atom stereocenters. The minimum Gasteiger partial charge on any atom is -0.277 e. The Kier molecular flexibility index (Phi) is 4.26. The van der Waals surface area contributed by atoms with Crippen LogP contribution < -0.4 is 4.72 Å². The Morgan fingerprint density at radius 1 is 0.895 bits per heavy atom. The topological polar surface area (TPSA) is 46.2 Å². The molecule has 100 valence electrons. The van der Waals surface area contributed by atoms with E-state index >= 15 is 0 Å². The Balaban J connectivity index is 2.42. The van der Waals surface area contributed by atoms with Gasteiger partial charge in [-0.1, -0.05) is 53.0 Å². The SMILES string of the molecule is O=S(=O)(Nc1c(Cl)cc(Cl)cc1Cl)c1ccccc1. The number of rotatable bonds is 3. The van der Waals surface area contributed by atoms with E-state index in [1.165, 1.54) is 24.3 Å². The van der Waals surface area contributed by atoms with Crippen molar-refractivity contribution in [2.45, 2.75) is 4.90 Å². The fourth-order valence-corrected chi connectivity index (χ4v) is 3.58. The lowest BCUT2D eigenvalue weighted by molar-refractivity contribution is 0.601. The Morgan fingerprint density at radius 2 is 1.42 bits per heavy atom. The molecule has 0 aliphatic carbocycles. The number of halogens is 3. The van der Waals surface area contributed by atoms with Crippen LogP contribution in [0.1, 0.15) is 0 Å². The molecular weight excluding hydrogens is 329 g/mol. The van der Waals surface area contributed by atoms with E-state index in [1.54, 1.807) is 18.2 Å². The number of anilines is 1. The lowest BCUT2D eigenvalue weighted by Gasteiger charge is -2.11. The molecule has 0 heterocycles. The van der Waals surface area contributed by atoms with Gasteiger partial charge in [-0.2, -0.15) is 0 Å². The minimum atomic E-state index is -3.73. The third kappa shape index (κ3) is 3.34.